The number of rotatable bonds is 6. The Kier molecular flexibility index (Phi) is 4.23. The van der Waals surface area contributed by atoms with E-state index in [1.807, 2.05) is 12.3 Å². The summed E-state index contributed by atoms with van der Waals surface area (Å²) in [7, 11) is 2.17. The molecule has 1 heterocycles. The fourth-order valence-electron chi connectivity index (χ4n) is 2.29. The molecule has 3 nitrogen and oxygen atoms in total. The summed E-state index contributed by atoms with van der Waals surface area (Å²) < 4.78 is 0. The quantitative estimate of drug-likeness (QED) is 0.838. The molecule has 0 bridgehead atoms. The monoisotopic (exact) mass is 247 g/mol. The van der Waals surface area contributed by atoms with Crippen LogP contribution in [0.25, 0.3) is 0 Å². The van der Waals surface area contributed by atoms with E-state index >= 15 is 0 Å². The maximum Gasteiger partial charge on any atom is 0.132 e. The number of pyridine rings is 1. The van der Waals surface area contributed by atoms with Crippen molar-refractivity contribution in [2.75, 3.05) is 11.9 Å². The lowest BCUT2D eigenvalue weighted by atomic mass is 10.1. The van der Waals surface area contributed by atoms with Gasteiger partial charge in [-0.2, -0.15) is 0 Å². The van der Waals surface area contributed by atoms with Crippen LogP contribution in [0.1, 0.15) is 39.2 Å². The van der Waals surface area contributed by atoms with Crippen LogP contribution in [0.4, 0.5) is 5.82 Å². The average Bonchev–Trinajstić information content (AvgIpc) is 3.19. The maximum absolute atomic E-state index is 4.57. The first kappa shape index (κ1) is 13.3. The second-order valence-corrected chi connectivity index (χ2v) is 5.71. The minimum atomic E-state index is 0.504. The van der Waals surface area contributed by atoms with Crippen LogP contribution in [0.3, 0.4) is 0 Å². The first-order chi connectivity index (χ1) is 8.59. The van der Waals surface area contributed by atoms with Crippen LogP contribution >= 0.6 is 0 Å². The molecule has 3 heteroatoms. The Labute approximate surface area is 111 Å². The first-order valence-electron chi connectivity index (χ1n) is 6.99. The van der Waals surface area contributed by atoms with Gasteiger partial charge in [-0.3, -0.25) is 0 Å². The van der Waals surface area contributed by atoms with Gasteiger partial charge in [-0.1, -0.05) is 19.9 Å². The lowest BCUT2D eigenvalue weighted by Crippen LogP contribution is -2.33. The Morgan fingerprint density at radius 3 is 2.72 bits per heavy atom. The zero-order chi connectivity index (χ0) is 13.1. The molecule has 0 aliphatic heterocycles. The van der Waals surface area contributed by atoms with E-state index in [1.165, 1.54) is 18.4 Å². The van der Waals surface area contributed by atoms with Gasteiger partial charge in [0.2, 0.25) is 0 Å². The highest BCUT2D eigenvalue weighted by Crippen LogP contribution is 2.36. The molecular weight excluding hydrogens is 222 g/mol. The minimum absolute atomic E-state index is 0.504. The second kappa shape index (κ2) is 5.70. The number of nitrogens with one attached hydrogen (secondary N) is 1. The minimum Gasteiger partial charge on any atom is -0.356 e. The largest absolute Gasteiger partial charge is 0.356 e. The lowest BCUT2D eigenvalue weighted by Gasteiger charge is -2.28. The molecule has 1 N–H and O–H groups in total. The van der Waals surface area contributed by atoms with E-state index in [4.69, 9.17) is 0 Å². The number of anilines is 1. The molecule has 18 heavy (non-hydrogen) atoms. The van der Waals surface area contributed by atoms with Gasteiger partial charge in [-0.15, -0.1) is 0 Å². The standard InChI is InChI=1S/C15H25N3/c1-11(2)17-10-14-6-5-9-16-15(14)18(4)12(3)13-7-8-13/h5-6,9,11-13,17H,7-8,10H2,1-4H3. The fraction of sp³-hybridized carbons (Fsp3) is 0.667. The summed E-state index contributed by atoms with van der Waals surface area (Å²) in [5, 5.41) is 3.47. The van der Waals surface area contributed by atoms with Crippen LogP contribution in [0.15, 0.2) is 18.3 Å². The first-order valence-corrected chi connectivity index (χ1v) is 6.99. The molecule has 1 unspecified atom stereocenters. The van der Waals surface area contributed by atoms with Gasteiger partial charge in [0.15, 0.2) is 0 Å². The highest BCUT2D eigenvalue weighted by Gasteiger charge is 2.31. The van der Waals surface area contributed by atoms with Crippen LogP contribution < -0.4 is 10.2 Å². The molecule has 1 aliphatic carbocycles. The molecule has 100 valence electrons. The van der Waals surface area contributed by atoms with E-state index in [1.54, 1.807) is 0 Å². The molecule has 1 aromatic heterocycles. The van der Waals surface area contributed by atoms with Gasteiger partial charge >= 0.3 is 0 Å². The molecule has 2 rings (SSSR count). The second-order valence-electron chi connectivity index (χ2n) is 5.71. The molecule has 1 atom stereocenters. The predicted molar refractivity (Wildman–Crippen MR) is 76.8 cm³/mol. The Morgan fingerprint density at radius 2 is 2.11 bits per heavy atom. The third-order valence-corrected chi connectivity index (χ3v) is 3.82. The van der Waals surface area contributed by atoms with Gasteiger partial charge in [0.25, 0.3) is 0 Å². The van der Waals surface area contributed by atoms with Gasteiger partial charge in [-0.05, 0) is 31.7 Å². The summed E-state index contributed by atoms with van der Waals surface area (Å²) in [5.74, 6) is 1.99. The third-order valence-electron chi connectivity index (χ3n) is 3.82. The Morgan fingerprint density at radius 1 is 1.39 bits per heavy atom. The van der Waals surface area contributed by atoms with Crippen molar-refractivity contribution in [2.45, 2.75) is 52.2 Å². The highest BCUT2D eigenvalue weighted by atomic mass is 15.2. The van der Waals surface area contributed by atoms with Crippen LogP contribution in [-0.2, 0) is 6.54 Å². The van der Waals surface area contributed by atoms with Crippen LogP contribution in [-0.4, -0.2) is 24.1 Å². The van der Waals surface area contributed by atoms with E-state index in [0.29, 0.717) is 12.1 Å². The van der Waals surface area contributed by atoms with Crippen LogP contribution in [0.2, 0.25) is 0 Å². The Hall–Kier alpha value is -1.09. The smallest absolute Gasteiger partial charge is 0.132 e. The Balaban J connectivity index is 2.10. The number of hydrogen-bond acceptors (Lipinski definition) is 3. The lowest BCUT2D eigenvalue weighted by molar-refractivity contribution is 0.576. The number of nitrogens with zero attached hydrogens (tertiary/aromatic N) is 2. The molecule has 1 aliphatic rings. The van der Waals surface area contributed by atoms with Crippen LogP contribution in [0, 0.1) is 5.92 Å². The fourth-order valence-corrected chi connectivity index (χ4v) is 2.29. The maximum atomic E-state index is 4.57. The molecule has 0 aromatic carbocycles. The van der Waals surface area contributed by atoms with Crippen LogP contribution in [0.5, 0.6) is 0 Å². The zero-order valence-corrected chi connectivity index (χ0v) is 12.0. The summed E-state index contributed by atoms with van der Waals surface area (Å²) in [6.07, 6.45) is 4.64. The van der Waals surface area contributed by atoms with Gasteiger partial charge < -0.3 is 10.2 Å². The van der Waals surface area contributed by atoms with Crippen molar-refractivity contribution in [3.05, 3.63) is 23.9 Å². The van der Waals surface area contributed by atoms with Crippen molar-refractivity contribution in [2.24, 2.45) is 5.92 Å². The van der Waals surface area contributed by atoms with Gasteiger partial charge in [0, 0.05) is 37.4 Å². The predicted octanol–water partition coefficient (Wildman–Crippen LogP) is 2.81. The molecule has 0 saturated heterocycles. The number of hydrogen-bond donors (Lipinski definition) is 1. The molecule has 1 aromatic rings. The molecular formula is C15H25N3. The van der Waals surface area contributed by atoms with Gasteiger partial charge in [0.1, 0.15) is 5.82 Å². The van der Waals surface area contributed by atoms with E-state index in [0.717, 1.165) is 18.3 Å². The van der Waals surface area contributed by atoms with E-state index in [-0.39, 0.29) is 0 Å². The SMILES string of the molecule is CC(C)NCc1cccnc1N(C)C(C)C1CC1. The summed E-state index contributed by atoms with van der Waals surface area (Å²) in [4.78, 5) is 6.92. The molecule has 1 saturated carbocycles. The van der Waals surface area contributed by atoms with Crippen molar-refractivity contribution in [3.63, 3.8) is 0 Å². The van der Waals surface area contributed by atoms with Crippen molar-refractivity contribution in [1.29, 1.82) is 0 Å². The van der Waals surface area contributed by atoms with E-state index < -0.39 is 0 Å². The Bertz CT molecular complexity index is 385. The molecule has 1 fully saturated rings. The topological polar surface area (TPSA) is 28.2 Å². The molecule has 0 spiro atoms. The van der Waals surface area contributed by atoms with E-state index in [2.05, 4.69) is 49.1 Å². The van der Waals surface area contributed by atoms with Crippen molar-refractivity contribution < 1.29 is 0 Å². The normalized spacial score (nSPS) is 16.9. The van der Waals surface area contributed by atoms with Crippen molar-refractivity contribution in [1.82, 2.24) is 10.3 Å². The average molecular weight is 247 g/mol. The summed E-state index contributed by atoms with van der Waals surface area (Å²) in [5.41, 5.74) is 1.29. The molecule has 0 radical (unpaired) electrons. The van der Waals surface area contributed by atoms with Crippen molar-refractivity contribution >= 4 is 5.82 Å². The van der Waals surface area contributed by atoms with E-state index in [9.17, 15) is 0 Å². The van der Waals surface area contributed by atoms with Gasteiger partial charge in [0.05, 0.1) is 0 Å². The molecule has 0 amide bonds. The number of aromatic nitrogens is 1. The van der Waals surface area contributed by atoms with Gasteiger partial charge in [-0.25, -0.2) is 4.98 Å². The zero-order valence-electron chi connectivity index (χ0n) is 12.0. The third kappa shape index (κ3) is 3.22. The highest BCUT2D eigenvalue weighted by molar-refractivity contribution is 5.47. The summed E-state index contributed by atoms with van der Waals surface area (Å²) in [6, 6.07) is 5.30. The summed E-state index contributed by atoms with van der Waals surface area (Å²) in [6.45, 7) is 7.55. The summed E-state index contributed by atoms with van der Waals surface area (Å²) >= 11 is 0. The van der Waals surface area contributed by atoms with Crippen molar-refractivity contribution in [3.8, 4) is 0 Å².